The van der Waals surface area contributed by atoms with Crippen LogP contribution in [0, 0.1) is 4.91 Å². The SMILES string of the molecule is CC[C@]1(O)O[C@H](C(O)NC(=O)N(CCCl)N=O)[C@@H](O)[C@@H](O)[C@@]1(O)c1ccccc1. The van der Waals surface area contributed by atoms with Gasteiger partial charge in [0.15, 0.2) is 11.8 Å². The second-order valence-corrected chi connectivity index (χ2v) is 6.95. The molecule has 1 aliphatic rings. The second kappa shape index (κ2) is 9.30. The van der Waals surface area contributed by atoms with Crippen LogP contribution < -0.4 is 5.32 Å². The van der Waals surface area contributed by atoms with Gasteiger partial charge in [-0.3, -0.25) is 0 Å². The number of nitrogens with zero attached hydrogens (tertiary/aromatic N) is 2. The zero-order valence-electron chi connectivity index (χ0n) is 15.6. The van der Waals surface area contributed by atoms with Crippen LogP contribution >= 0.6 is 11.6 Å². The molecule has 2 amide bonds. The maximum Gasteiger partial charge on any atom is 0.342 e. The van der Waals surface area contributed by atoms with E-state index >= 15 is 0 Å². The highest BCUT2D eigenvalue weighted by molar-refractivity contribution is 6.18. The smallest absolute Gasteiger partial charge is 0.342 e. The summed E-state index contributed by atoms with van der Waals surface area (Å²) in [4.78, 5) is 22.7. The summed E-state index contributed by atoms with van der Waals surface area (Å²) in [5.41, 5.74) is -2.36. The number of urea groups is 1. The zero-order chi connectivity index (χ0) is 21.8. The number of amides is 2. The van der Waals surface area contributed by atoms with Gasteiger partial charge in [-0.25, -0.2) is 4.79 Å². The molecule has 0 bridgehead atoms. The molecular weight excluding hydrogens is 410 g/mol. The van der Waals surface area contributed by atoms with Crippen molar-refractivity contribution in [1.82, 2.24) is 10.3 Å². The summed E-state index contributed by atoms with van der Waals surface area (Å²) in [7, 11) is 0. The predicted octanol–water partition coefficient (Wildman–Crippen LogP) is -0.656. The molecule has 1 heterocycles. The fraction of sp³-hybridized carbons (Fsp3) is 0.588. The predicted molar refractivity (Wildman–Crippen MR) is 100 cm³/mol. The van der Waals surface area contributed by atoms with Crippen LogP contribution in [0.25, 0.3) is 0 Å². The average Bonchev–Trinajstić information content (AvgIpc) is 2.73. The van der Waals surface area contributed by atoms with Gasteiger partial charge in [-0.1, -0.05) is 37.3 Å². The van der Waals surface area contributed by atoms with E-state index in [0.717, 1.165) is 0 Å². The number of nitrogens with one attached hydrogen (secondary N) is 1. The molecule has 0 saturated carbocycles. The Morgan fingerprint density at radius 3 is 2.48 bits per heavy atom. The van der Waals surface area contributed by atoms with Crippen LogP contribution in [0.1, 0.15) is 18.9 Å². The molecule has 0 radical (unpaired) electrons. The molecule has 0 aliphatic carbocycles. The quantitative estimate of drug-likeness (QED) is 0.142. The Morgan fingerprint density at radius 1 is 1.34 bits per heavy atom. The van der Waals surface area contributed by atoms with Crippen molar-refractivity contribution in [3.8, 4) is 0 Å². The second-order valence-electron chi connectivity index (χ2n) is 6.58. The normalized spacial score (nSPS) is 33.0. The fourth-order valence-electron chi connectivity index (χ4n) is 3.28. The molecule has 11 nitrogen and oxygen atoms in total. The van der Waals surface area contributed by atoms with E-state index in [2.05, 4.69) is 5.29 Å². The minimum absolute atomic E-state index is 0.0753. The van der Waals surface area contributed by atoms with Crippen LogP contribution in [-0.4, -0.2) is 79.3 Å². The van der Waals surface area contributed by atoms with Crippen molar-refractivity contribution in [3.05, 3.63) is 40.8 Å². The number of benzene rings is 1. The lowest BCUT2D eigenvalue weighted by molar-refractivity contribution is -0.402. The lowest BCUT2D eigenvalue weighted by atomic mass is 9.73. The van der Waals surface area contributed by atoms with E-state index in [1.807, 2.05) is 5.32 Å². The first-order valence-corrected chi connectivity index (χ1v) is 9.39. The van der Waals surface area contributed by atoms with Crippen molar-refractivity contribution in [3.63, 3.8) is 0 Å². The lowest BCUT2D eigenvalue weighted by Crippen LogP contribution is -2.73. The van der Waals surface area contributed by atoms with Gasteiger partial charge in [0.2, 0.25) is 5.79 Å². The van der Waals surface area contributed by atoms with Gasteiger partial charge in [0.25, 0.3) is 0 Å². The average molecular weight is 434 g/mol. The summed E-state index contributed by atoms with van der Waals surface area (Å²) in [6.45, 7) is 1.21. The number of carbonyl (C=O) groups excluding carboxylic acids is 1. The first-order valence-electron chi connectivity index (χ1n) is 8.85. The number of aliphatic hydroxyl groups is 5. The number of hydrogen-bond acceptors (Lipinski definition) is 9. The number of halogens is 1. The third-order valence-corrected chi connectivity index (χ3v) is 5.09. The number of rotatable bonds is 7. The van der Waals surface area contributed by atoms with Gasteiger partial charge in [0.1, 0.15) is 18.3 Å². The van der Waals surface area contributed by atoms with Crippen molar-refractivity contribution in [2.24, 2.45) is 5.29 Å². The third kappa shape index (κ3) is 4.21. The molecule has 1 aromatic rings. The minimum atomic E-state index is -2.43. The number of ether oxygens (including phenoxy) is 1. The molecular formula is C17H24ClN3O8. The Bertz CT molecular complexity index is 713. The van der Waals surface area contributed by atoms with E-state index in [1.165, 1.54) is 19.1 Å². The monoisotopic (exact) mass is 433 g/mol. The Balaban J connectivity index is 2.30. The first-order chi connectivity index (χ1) is 13.7. The van der Waals surface area contributed by atoms with Crippen LogP contribution in [0.15, 0.2) is 35.6 Å². The number of aliphatic hydroxyl groups excluding tert-OH is 3. The van der Waals surface area contributed by atoms with Crippen molar-refractivity contribution < 1.29 is 35.1 Å². The summed E-state index contributed by atoms with van der Waals surface area (Å²) < 4.78 is 5.39. The molecule has 1 unspecified atom stereocenters. The van der Waals surface area contributed by atoms with Crippen molar-refractivity contribution >= 4 is 17.6 Å². The van der Waals surface area contributed by atoms with E-state index in [0.29, 0.717) is 5.01 Å². The summed E-state index contributed by atoms with van der Waals surface area (Å²) in [5, 5.41) is 58.3. The van der Waals surface area contributed by atoms with Gasteiger partial charge < -0.3 is 35.6 Å². The Labute approximate surface area is 171 Å². The van der Waals surface area contributed by atoms with Crippen molar-refractivity contribution in [2.75, 3.05) is 12.4 Å². The standard InChI is InChI=1S/C17H24ClN3O8/c1-2-16(26)17(27,10-6-4-3-5-7-10)13(23)11(22)12(29-16)14(24)19-15(25)21(20-28)9-8-18/h3-7,11-14,22-24,26-27H,2,8-9H2,1H3,(H,19,25)/t11-,12+,13-,14?,16+,17+/m1/s1. The molecule has 6 atom stereocenters. The van der Waals surface area contributed by atoms with Crippen LogP contribution in [0.3, 0.4) is 0 Å². The van der Waals surface area contributed by atoms with Gasteiger partial charge in [-0.15, -0.1) is 16.5 Å². The summed E-state index contributed by atoms with van der Waals surface area (Å²) >= 11 is 5.45. The molecule has 29 heavy (non-hydrogen) atoms. The lowest BCUT2D eigenvalue weighted by Gasteiger charge is -2.54. The fourth-order valence-corrected chi connectivity index (χ4v) is 3.44. The first kappa shape index (κ1) is 23.4. The van der Waals surface area contributed by atoms with Crippen molar-refractivity contribution in [1.29, 1.82) is 0 Å². The van der Waals surface area contributed by atoms with Gasteiger partial charge in [-0.05, 0) is 5.56 Å². The number of alkyl halides is 1. The molecule has 0 aromatic heterocycles. The zero-order valence-corrected chi connectivity index (χ0v) is 16.3. The number of nitroso groups, excluding NO2 is 1. The van der Waals surface area contributed by atoms with E-state index in [1.54, 1.807) is 18.2 Å². The van der Waals surface area contributed by atoms with Crippen LogP contribution in [0.5, 0.6) is 0 Å². The maximum absolute atomic E-state index is 12.0. The highest BCUT2D eigenvalue weighted by Crippen LogP contribution is 2.46. The third-order valence-electron chi connectivity index (χ3n) is 4.92. The molecule has 6 N–H and O–H groups in total. The molecule has 2 rings (SSSR count). The molecule has 1 aliphatic heterocycles. The van der Waals surface area contributed by atoms with Gasteiger partial charge in [-0.2, -0.15) is 5.01 Å². The minimum Gasteiger partial charge on any atom is -0.387 e. The largest absolute Gasteiger partial charge is 0.387 e. The Morgan fingerprint density at radius 2 is 1.97 bits per heavy atom. The molecule has 1 aromatic carbocycles. The topological polar surface area (TPSA) is 172 Å². The molecule has 12 heteroatoms. The highest BCUT2D eigenvalue weighted by Gasteiger charge is 2.64. The summed E-state index contributed by atoms with van der Waals surface area (Å²) in [6.07, 6.45) is -7.87. The van der Waals surface area contributed by atoms with Gasteiger partial charge in [0, 0.05) is 12.3 Å². The maximum atomic E-state index is 12.0. The van der Waals surface area contributed by atoms with E-state index in [-0.39, 0.29) is 24.4 Å². The van der Waals surface area contributed by atoms with E-state index in [9.17, 15) is 35.2 Å². The Kier molecular flexibility index (Phi) is 7.51. The highest BCUT2D eigenvalue weighted by atomic mass is 35.5. The number of hydrogen-bond donors (Lipinski definition) is 6. The molecule has 1 saturated heterocycles. The number of carbonyl (C=O) groups is 1. The molecule has 0 spiro atoms. The van der Waals surface area contributed by atoms with Crippen molar-refractivity contribution in [2.45, 2.75) is 49.3 Å². The summed E-state index contributed by atoms with van der Waals surface area (Å²) in [5.74, 6) is -2.53. The van der Waals surface area contributed by atoms with Crippen LogP contribution in [0.2, 0.25) is 0 Å². The van der Waals surface area contributed by atoms with Crippen LogP contribution in [0.4, 0.5) is 4.79 Å². The van der Waals surface area contributed by atoms with Crippen LogP contribution in [-0.2, 0) is 10.3 Å². The van der Waals surface area contributed by atoms with Gasteiger partial charge >= 0.3 is 6.03 Å². The Hall–Kier alpha value is -1.86. The molecule has 162 valence electrons. The van der Waals surface area contributed by atoms with E-state index < -0.39 is 42.0 Å². The van der Waals surface area contributed by atoms with Gasteiger partial charge in [0.05, 0.1) is 11.8 Å². The summed E-state index contributed by atoms with van der Waals surface area (Å²) in [6, 6.07) is 6.49. The van der Waals surface area contributed by atoms with E-state index in [4.69, 9.17) is 16.3 Å². The molecule has 1 fully saturated rings.